The smallest absolute Gasteiger partial charge is 0.300 e. The molecule has 0 radical (unpaired) electrons. The molecule has 108 valence electrons. The van der Waals surface area contributed by atoms with Gasteiger partial charge in [0.2, 0.25) is 0 Å². The highest BCUT2D eigenvalue weighted by molar-refractivity contribution is 5.94. The molecular weight excluding hydrogens is 264 g/mol. The highest BCUT2D eigenvalue weighted by Gasteiger charge is 2.36. The summed E-state index contributed by atoms with van der Waals surface area (Å²) in [5.74, 6) is -1.13. The van der Waals surface area contributed by atoms with Crippen LogP contribution in [0, 0.1) is 0 Å². The molecule has 0 aromatic heterocycles. The molecule has 0 bridgehead atoms. The summed E-state index contributed by atoms with van der Waals surface area (Å²) in [6, 6.07) is 14.0. The predicted octanol–water partition coefficient (Wildman–Crippen LogP) is 4.16. The van der Waals surface area contributed by atoms with Gasteiger partial charge in [0.25, 0.3) is 0 Å². The van der Waals surface area contributed by atoms with Crippen LogP contribution in [0.3, 0.4) is 0 Å². The average molecular weight is 282 g/mol. The summed E-state index contributed by atoms with van der Waals surface area (Å²) < 4.78 is 0. The zero-order valence-electron chi connectivity index (χ0n) is 12.0. The van der Waals surface area contributed by atoms with Gasteiger partial charge in [0.05, 0.1) is 0 Å². The lowest BCUT2D eigenvalue weighted by Gasteiger charge is -2.14. The van der Waals surface area contributed by atoms with Gasteiger partial charge in [-0.2, -0.15) is 5.26 Å². The number of carbonyl (C=O) groups is 1. The molecule has 0 saturated carbocycles. The maximum absolute atomic E-state index is 12.1. The predicted molar refractivity (Wildman–Crippen MR) is 81.1 cm³/mol. The fourth-order valence-electron chi connectivity index (χ4n) is 3.22. The van der Waals surface area contributed by atoms with Crippen molar-refractivity contribution >= 4 is 5.97 Å². The van der Waals surface area contributed by atoms with Gasteiger partial charge >= 0.3 is 5.97 Å². The number of aryl methyl sites for hydroxylation is 1. The van der Waals surface area contributed by atoms with Crippen molar-refractivity contribution in [2.45, 2.75) is 32.1 Å². The van der Waals surface area contributed by atoms with Gasteiger partial charge in [0.1, 0.15) is 5.92 Å². The second kappa shape index (κ2) is 5.70. The summed E-state index contributed by atoms with van der Waals surface area (Å²) in [6.45, 7) is 2.15. The normalized spacial score (nSPS) is 15.4. The Hall–Kier alpha value is -2.13. The zero-order valence-corrected chi connectivity index (χ0v) is 12.0. The van der Waals surface area contributed by atoms with Crippen LogP contribution in [0.4, 0.5) is 0 Å². The summed E-state index contributed by atoms with van der Waals surface area (Å²) in [7, 11) is 0. The largest absolute Gasteiger partial charge is 0.353 e. The maximum atomic E-state index is 12.1. The van der Waals surface area contributed by atoms with E-state index in [9.17, 15) is 4.79 Å². The third kappa shape index (κ3) is 2.24. The molecule has 1 unspecified atom stereocenters. The Balaban J connectivity index is 2.18. The van der Waals surface area contributed by atoms with Crippen molar-refractivity contribution in [2.24, 2.45) is 0 Å². The molecule has 0 heterocycles. The first-order valence-electron chi connectivity index (χ1n) is 7.34. The molecule has 0 amide bonds. The fourth-order valence-corrected chi connectivity index (χ4v) is 3.22. The van der Waals surface area contributed by atoms with Crippen molar-refractivity contribution in [3.8, 4) is 11.1 Å². The second-order valence-electron chi connectivity index (χ2n) is 5.41. The van der Waals surface area contributed by atoms with E-state index in [0.717, 1.165) is 41.5 Å². The summed E-state index contributed by atoms with van der Waals surface area (Å²) in [5.41, 5.74) is 5.21. The first-order chi connectivity index (χ1) is 10.3. The van der Waals surface area contributed by atoms with Crippen LogP contribution in [0.15, 0.2) is 42.5 Å². The van der Waals surface area contributed by atoms with Crippen molar-refractivity contribution in [3.63, 3.8) is 0 Å². The lowest BCUT2D eigenvalue weighted by Crippen LogP contribution is -2.15. The molecular formula is C18H18O3. The van der Waals surface area contributed by atoms with Gasteiger partial charge in [0.15, 0.2) is 0 Å². The summed E-state index contributed by atoms with van der Waals surface area (Å²) in [4.78, 5) is 16.2. The highest BCUT2D eigenvalue weighted by Crippen LogP contribution is 2.46. The summed E-state index contributed by atoms with van der Waals surface area (Å²) in [5, 5.41) is 8.86. The molecule has 0 spiro atoms. The molecule has 0 fully saturated rings. The minimum Gasteiger partial charge on any atom is -0.300 e. The van der Waals surface area contributed by atoms with Crippen molar-refractivity contribution in [1.82, 2.24) is 0 Å². The van der Waals surface area contributed by atoms with Crippen LogP contribution in [-0.4, -0.2) is 11.2 Å². The maximum Gasteiger partial charge on any atom is 0.353 e. The zero-order chi connectivity index (χ0) is 14.8. The second-order valence-corrected chi connectivity index (χ2v) is 5.41. The van der Waals surface area contributed by atoms with Crippen LogP contribution in [0.25, 0.3) is 11.1 Å². The topological polar surface area (TPSA) is 46.5 Å². The molecule has 3 heteroatoms. The van der Waals surface area contributed by atoms with Crippen LogP contribution in [0.5, 0.6) is 0 Å². The number of rotatable bonds is 4. The van der Waals surface area contributed by atoms with E-state index in [2.05, 4.69) is 17.9 Å². The van der Waals surface area contributed by atoms with Gasteiger partial charge in [-0.05, 0) is 40.7 Å². The Kier molecular flexibility index (Phi) is 3.76. The number of hydrogen-bond acceptors (Lipinski definition) is 3. The van der Waals surface area contributed by atoms with Crippen molar-refractivity contribution < 1.29 is 14.9 Å². The summed E-state index contributed by atoms with van der Waals surface area (Å²) >= 11 is 0. The molecule has 3 nitrogen and oxygen atoms in total. The van der Waals surface area contributed by atoms with Crippen LogP contribution in [0.1, 0.15) is 42.4 Å². The van der Waals surface area contributed by atoms with E-state index in [0.29, 0.717) is 0 Å². The minimum atomic E-state index is -0.606. The third-order valence-corrected chi connectivity index (χ3v) is 4.17. The van der Waals surface area contributed by atoms with E-state index in [4.69, 9.17) is 5.26 Å². The molecule has 1 aliphatic carbocycles. The van der Waals surface area contributed by atoms with E-state index < -0.39 is 11.9 Å². The van der Waals surface area contributed by atoms with E-state index >= 15 is 0 Å². The molecule has 21 heavy (non-hydrogen) atoms. The monoisotopic (exact) mass is 282 g/mol. The third-order valence-electron chi connectivity index (χ3n) is 4.17. The van der Waals surface area contributed by atoms with Gasteiger partial charge in [-0.15, -0.1) is 0 Å². The number of carbonyl (C=O) groups excluding carboxylic acids is 1. The Bertz CT molecular complexity index is 676. The van der Waals surface area contributed by atoms with E-state index in [-0.39, 0.29) is 0 Å². The van der Waals surface area contributed by atoms with Gasteiger partial charge in [-0.1, -0.05) is 55.8 Å². The van der Waals surface area contributed by atoms with Crippen LogP contribution in [-0.2, 0) is 16.1 Å². The van der Waals surface area contributed by atoms with Crippen molar-refractivity contribution in [2.75, 3.05) is 0 Å². The lowest BCUT2D eigenvalue weighted by molar-refractivity contribution is -0.235. The van der Waals surface area contributed by atoms with Crippen LogP contribution < -0.4 is 0 Å². The molecule has 3 rings (SSSR count). The number of unbranched alkanes of at least 4 members (excludes halogenated alkanes) is 1. The number of hydrogen-bond donors (Lipinski definition) is 1. The molecule has 1 N–H and O–H groups in total. The Morgan fingerprint density at radius 1 is 1.14 bits per heavy atom. The number of benzene rings is 2. The molecule has 2 aromatic carbocycles. The van der Waals surface area contributed by atoms with Crippen molar-refractivity contribution in [3.05, 3.63) is 59.2 Å². The summed E-state index contributed by atoms with van der Waals surface area (Å²) in [6.07, 6.45) is 3.11. The van der Waals surface area contributed by atoms with Gasteiger partial charge in [-0.3, -0.25) is 4.89 Å². The molecule has 2 aromatic rings. The Labute approximate surface area is 124 Å². The fraction of sp³-hybridized carbons (Fsp3) is 0.278. The average Bonchev–Trinajstić information content (AvgIpc) is 2.87. The SMILES string of the molecule is CCCCc1cccc2c1C(C(=O)OO)c1ccccc1-2. The van der Waals surface area contributed by atoms with E-state index in [1.54, 1.807) is 0 Å². The minimum absolute atomic E-state index is 0.519. The first-order valence-corrected chi connectivity index (χ1v) is 7.34. The van der Waals surface area contributed by atoms with Crippen LogP contribution in [0.2, 0.25) is 0 Å². The Morgan fingerprint density at radius 3 is 2.67 bits per heavy atom. The van der Waals surface area contributed by atoms with E-state index in [1.807, 2.05) is 36.4 Å². The van der Waals surface area contributed by atoms with Gasteiger partial charge in [0, 0.05) is 0 Å². The highest BCUT2D eigenvalue weighted by atomic mass is 17.1. The van der Waals surface area contributed by atoms with Crippen molar-refractivity contribution in [1.29, 1.82) is 0 Å². The van der Waals surface area contributed by atoms with Gasteiger partial charge in [-0.25, -0.2) is 4.79 Å². The quantitative estimate of drug-likeness (QED) is 0.676. The molecule has 0 aliphatic heterocycles. The van der Waals surface area contributed by atoms with E-state index in [1.165, 1.54) is 5.56 Å². The standard InChI is InChI=1S/C18H18O3/c1-2-3-7-12-8-6-11-14-13-9-4-5-10-15(13)17(16(12)14)18(19)21-20/h4-6,8-11,17,20H,2-3,7H2,1H3. The molecule has 1 atom stereocenters. The molecule has 0 saturated heterocycles. The lowest BCUT2D eigenvalue weighted by atomic mass is 9.91. The molecule has 1 aliphatic rings. The Morgan fingerprint density at radius 2 is 1.90 bits per heavy atom. The number of fused-ring (bicyclic) bond motifs is 3. The van der Waals surface area contributed by atoms with Gasteiger partial charge < -0.3 is 0 Å². The van der Waals surface area contributed by atoms with Crippen LogP contribution >= 0.6 is 0 Å². The first kappa shape index (κ1) is 13.8.